The fraction of sp³-hybridized carbons (Fsp3) is 0.207. The first kappa shape index (κ1) is 29.0. The Hall–Kier alpha value is -2.98. The van der Waals surface area contributed by atoms with Gasteiger partial charge >= 0.3 is 0 Å². The van der Waals surface area contributed by atoms with E-state index < -0.39 is 26.0 Å². The molecule has 7 nitrogen and oxygen atoms in total. The van der Waals surface area contributed by atoms with Crippen molar-refractivity contribution < 1.29 is 21.9 Å². The highest BCUT2D eigenvalue weighted by Crippen LogP contribution is 2.32. The number of rotatable bonds is 10. The van der Waals surface area contributed by atoms with Gasteiger partial charge in [0.1, 0.15) is 0 Å². The van der Waals surface area contributed by atoms with Crippen molar-refractivity contribution in [2.45, 2.75) is 30.1 Å². The molecule has 0 saturated carbocycles. The number of hydrogen-bond acceptors (Lipinski definition) is 5. The Bertz CT molecular complexity index is 1750. The molecule has 0 aliphatic heterocycles. The summed E-state index contributed by atoms with van der Waals surface area (Å²) in [6.45, 7) is 3.52. The van der Waals surface area contributed by atoms with Crippen LogP contribution in [-0.2, 0) is 26.5 Å². The molecule has 0 bridgehead atoms. The fourth-order valence-corrected chi connectivity index (χ4v) is 7.12. The number of nitrogens with one attached hydrogen (secondary N) is 1. The minimum absolute atomic E-state index is 0.00714. The largest absolute Gasteiger partial charge is 0.396 e. The van der Waals surface area contributed by atoms with Gasteiger partial charge in [-0.1, -0.05) is 57.4 Å². The minimum atomic E-state index is -3.82. The third kappa shape index (κ3) is 6.61. The van der Waals surface area contributed by atoms with Gasteiger partial charge in [0.2, 0.25) is 10.0 Å². The quantitative estimate of drug-likeness (QED) is 0.238. The van der Waals surface area contributed by atoms with Gasteiger partial charge in [-0.15, -0.1) is 5.73 Å². The number of fused-ring (bicyclic) bond motifs is 1. The van der Waals surface area contributed by atoms with Crippen LogP contribution in [0.2, 0.25) is 0 Å². The van der Waals surface area contributed by atoms with Gasteiger partial charge in [0.25, 0.3) is 10.0 Å². The topological polar surface area (TPSA) is 105 Å². The monoisotopic (exact) mass is 628 g/mol. The summed E-state index contributed by atoms with van der Waals surface area (Å²) in [6.07, 6.45) is 5.32. The summed E-state index contributed by atoms with van der Waals surface area (Å²) >= 11 is 3.55. The zero-order chi connectivity index (χ0) is 28.2. The number of hydrogen-bond donors (Lipinski definition) is 2. The SMILES string of the molecule is Cc1ccc(S(=O)(=O)NC[C@H](C=C=CCc2cn(S(=O)(=O)c3ccc(C)cc3)c3cccc(Br)c23)CO)cc1. The van der Waals surface area contributed by atoms with E-state index >= 15 is 0 Å². The molecule has 3 aromatic carbocycles. The molecule has 204 valence electrons. The van der Waals surface area contributed by atoms with Crippen LogP contribution in [0.3, 0.4) is 0 Å². The maximum atomic E-state index is 13.4. The van der Waals surface area contributed by atoms with Crippen molar-refractivity contribution in [3.05, 3.63) is 112 Å². The fourth-order valence-electron chi connectivity index (χ4n) is 4.03. The lowest BCUT2D eigenvalue weighted by atomic mass is 10.1. The molecule has 0 amide bonds. The molecule has 4 rings (SSSR count). The number of sulfonamides is 1. The summed E-state index contributed by atoms with van der Waals surface area (Å²) in [5.74, 6) is -0.489. The molecule has 1 atom stereocenters. The van der Waals surface area contributed by atoms with Gasteiger partial charge in [-0.2, -0.15) is 0 Å². The van der Waals surface area contributed by atoms with E-state index in [4.69, 9.17) is 0 Å². The highest BCUT2D eigenvalue weighted by atomic mass is 79.9. The highest BCUT2D eigenvalue weighted by Gasteiger charge is 2.22. The van der Waals surface area contributed by atoms with Crippen LogP contribution in [0.15, 0.2) is 105 Å². The summed E-state index contributed by atoms with van der Waals surface area (Å²) < 4.78 is 56.6. The number of nitrogens with zero attached hydrogens (tertiary/aromatic N) is 1. The first-order valence-electron chi connectivity index (χ1n) is 12.2. The van der Waals surface area contributed by atoms with Crippen LogP contribution < -0.4 is 4.72 Å². The maximum Gasteiger partial charge on any atom is 0.268 e. The van der Waals surface area contributed by atoms with Gasteiger partial charge in [0, 0.05) is 34.9 Å². The van der Waals surface area contributed by atoms with Crippen LogP contribution in [-0.4, -0.2) is 39.1 Å². The molecule has 10 heteroatoms. The number of aliphatic hydroxyl groups excluding tert-OH is 1. The van der Waals surface area contributed by atoms with Gasteiger partial charge in [-0.05, 0) is 68.0 Å². The summed E-state index contributed by atoms with van der Waals surface area (Å²) in [6, 6.07) is 18.7. The summed E-state index contributed by atoms with van der Waals surface area (Å²) in [7, 11) is -7.52. The van der Waals surface area contributed by atoms with Gasteiger partial charge in [-0.3, -0.25) is 0 Å². The Labute approximate surface area is 237 Å². The molecule has 1 heterocycles. The minimum Gasteiger partial charge on any atom is -0.396 e. The number of aliphatic hydroxyl groups is 1. The van der Waals surface area contributed by atoms with Crippen LogP contribution in [0, 0.1) is 19.8 Å². The zero-order valence-electron chi connectivity index (χ0n) is 21.5. The van der Waals surface area contributed by atoms with E-state index in [1.165, 1.54) is 16.1 Å². The first-order chi connectivity index (χ1) is 18.5. The molecule has 0 aliphatic rings. The van der Waals surface area contributed by atoms with E-state index in [0.717, 1.165) is 26.5 Å². The zero-order valence-corrected chi connectivity index (χ0v) is 24.7. The van der Waals surface area contributed by atoms with Crippen molar-refractivity contribution in [1.29, 1.82) is 0 Å². The average molecular weight is 630 g/mol. The third-order valence-electron chi connectivity index (χ3n) is 6.27. The number of halogens is 1. The number of aromatic nitrogens is 1. The van der Waals surface area contributed by atoms with E-state index in [2.05, 4.69) is 26.4 Å². The smallest absolute Gasteiger partial charge is 0.268 e. The van der Waals surface area contributed by atoms with Gasteiger partial charge < -0.3 is 5.11 Å². The van der Waals surface area contributed by atoms with Crippen LogP contribution >= 0.6 is 15.9 Å². The number of aryl methyl sites for hydroxylation is 2. The molecule has 1 aromatic heterocycles. The standard InChI is InChI=1S/C29H29BrN2O5S2/c1-21-10-14-25(15-11-21)38(34,35)31-18-23(20-33)6-3-4-7-24-19-32(28-9-5-8-27(30)29(24)28)39(36,37)26-16-12-22(2)13-17-26/h4-6,8-17,19,23,31,33H,7,18,20H2,1-2H3/t3?,23-/m0/s1. The first-order valence-corrected chi connectivity index (χ1v) is 15.9. The Morgan fingerprint density at radius 3 is 2.18 bits per heavy atom. The lowest BCUT2D eigenvalue weighted by molar-refractivity contribution is 0.253. The van der Waals surface area contributed by atoms with Gasteiger partial charge in [-0.25, -0.2) is 25.5 Å². The van der Waals surface area contributed by atoms with Crippen LogP contribution in [0.1, 0.15) is 16.7 Å². The third-order valence-corrected chi connectivity index (χ3v) is 10.1. The highest BCUT2D eigenvalue weighted by molar-refractivity contribution is 9.10. The second-order valence-corrected chi connectivity index (χ2v) is 13.7. The Kier molecular flexibility index (Phi) is 8.96. The normalized spacial score (nSPS) is 12.7. The van der Waals surface area contributed by atoms with Gasteiger partial charge in [0.05, 0.1) is 21.9 Å². The molecular formula is C29H29BrN2O5S2. The van der Waals surface area contributed by atoms with E-state index in [1.807, 2.05) is 19.9 Å². The van der Waals surface area contributed by atoms with Crippen LogP contribution in [0.25, 0.3) is 10.9 Å². The van der Waals surface area contributed by atoms with E-state index in [1.54, 1.807) is 66.9 Å². The Balaban J connectivity index is 1.55. The van der Waals surface area contributed by atoms with Crippen molar-refractivity contribution in [1.82, 2.24) is 8.69 Å². The van der Waals surface area contributed by atoms with Crippen LogP contribution in [0.4, 0.5) is 0 Å². The van der Waals surface area contributed by atoms with Crippen molar-refractivity contribution in [2.24, 2.45) is 5.92 Å². The average Bonchev–Trinajstić information content (AvgIpc) is 3.29. The molecule has 4 aromatic rings. The molecule has 0 aliphatic carbocycles. The predicted octanol–water partition coefficient (Wildman–Crippen LogP) is 5.10. The van der Waals surface area contributed by atoms with E-state index in [9.17, 15) is 21.9 Å². The second kappa shape index (κ2) is 12.0. The molecule has 2 N–H and O–H groups in total. The molecular weight excluding hydrogens is 600 g/mol. The molecule has 0 radical (unpaired) electrons. The molecule has 39 heavy (non-hydrogen) atoms. The van der Waals surface area contributed by atoms with Crippen molar-refractivity contribution >= 4 is 46.9 Å². The van der Waals surface area contributed by atoms with Crippen molar-refractivity contribution in [2.75, 3.05) is 13.2 Å². The van der Waals surface area contributed by atoms with Crippen LogP contribution in [0.5, 0.6) is 0 Å². The lowest BCUT2D eigenvalue weighted by Crippen LogP contribution is -2.30. The summed E-state index contributed by atoms with van der Waals surface area (Å²) in [5.41, 5.74) is 6.27. The van der Waals surface area contributed by atoms with Gasteiger partial charge in [0.15, 0.2) is 0 Å². The Morgan fingerprint density at radius 1 is 0.949 bits per heavy atom. The van der Waals surface area contributed by atoms with E-state index in [-0.39, 0.29) is 22.9 Å². The number of benzene rings is 3. The van der Waals surface area contributed by atoms with Crippen molar-refractivity contribution in [3.63, 3.8) is 0 Å². The molecule has 0 fully saturated rings. The van der Waals surface area contributed by atoms with E-state index in [0.29, 0.717) is 11.9 Å². The molecule has 0 spiro atoms. The summed E-state index contributed by atoms with van der Waals surface area (Å²) in [4.78, 5) is 0.359. The molecule has 0 saturated heterocycles. The Morgan fingerprint density at radius 2 is 1.56 bits per heavy atom. The maximum absolute atomic E-state index is 13.4. The predicted molar refractivity (Wildman–Crippen MR) is 157 cm³/mol. The summed E-state index contributed by atoms with van der Waals surface area (Å²) in [5, 5.41) is 10.5. The molecule has 0 unspecified atom stereocenters. The second-order valence-electron chi connectivity index (χ2n) is 9.25. The lowest BCUT2D eigenvalue weighted by Gasteiger charge is -2.11. The van der Waals surface area contributed by atoms with Crippen molar-refractivity contribution in [3.8, 4) is 0 Å².